The van der Waals surface area contributed by atoms with E-state index in [1.165, 1.54) is 34.4 Å². The second kappa shape index (κ2) is 7.50. The molecular weight excluding hydrogens is 388 g/mol. The molecule has 2 heterocycles. The molecule has 0 aliphatic carbocycles. The third-order valence-electron chi connectivity index (χ3n) is 4.27. The van der Waals surface area contributed by atoms with Crippen LogP contribution in [0.2, 0.25) is 5.02 Å². The Bertz CT molecular complexity index is 1010. The van der Waals surface area contributed by atoms with Crippen LogP contribution in [-0.2, 0) is 6.54 Å². The first-order valence-corrected chi connectivity index (χ1v) is 9.32. The van der Waals surface area contributed by atoms with Crippen LogP contribution in [0, 0.1) is 24.0 Å². The molecule has 0 saturated carbocycles. The van der Waals surface area contributed by atoms with Crippen LogP contribution in [0.25, 0.3) is 5.13 Å². The van der Waals surface area contributed by atoms with Crippen molar-refractivity contribution in [3.8, 4) is 5.13 Å². The van der Waals surface area contributed by atoms with E-state index >= 15 is 0 Å². The fourth-order valence-corrected chi connectivity index (χ4v) is 3.86. The number of carbonyl (C=O) groups is 1. The predicted molar refractivity (Wildman–Crippen MR) is 105 cm³/mol. The van der Waals surface area contributed by atoms with Crippen LogP contribution < -0.4 is 0 Å². The van der Waals surface area contributed by atoms with E-state index in [-0.39, 0.29) is 18.1 Å². The number of non-ortho nitro benzene ring substituents is 1. The number of thiazole rings is 1. The zero-order valence-electron chi connectivity index (χ0n) is 15.0. The summed E-state index contributed by atoms with van der Waals surface area (Å²) < 4.78 is 1.94. The van der Waals surface area contributed by atoms with Gasteiger partial charge in [-0.25, -0.2) is 4.98 Å². The van der Waals surface area contributed by atoms with Crippen LogP contribution in [0.15, 0.2) is 35.8 Å². The first-order valence-electron chi connectivity index (χ1n) is 8.06. The molecular formula is C18H17ClN4O3S. The summed E-state index contributed by atoms with van der Waals surface area (Å²) in [5.41, 5.74) is 2.73. The Morgan fingerprint density at radius 3 is 2.74 bits per heavy atom. The lowest BCUT2D eigenvalue weighted by Gasteiger charge is -2.18. The van der Waals surface area contributed by atoms with E-state index in [1.807, 2.05) is 29.9 Å². The van der Waals surface area contributed by atoms with Crippen LogP contribution in [0.4, 0.5) is 5.69 Å². The van der Waals surface area contributed by atoms with Crippen molar-refractivity contribution in [2.24, 2.45) is 0 Å². The fraction of sp³-hybridized carbons (Fsp3) is 0.222. The van der Waals surface area contributed by atoms with Gasteiger partial charge in [0.1, 0.15) is 0 Å². The molecule has 0 saturated heterocycles. The molecule has 0 bridgehead atoms. The van der Waals surface area contributed by atoms with Crippen molar-refractivity contribution in [2.45, 2.75) is 20.4 Å². The van der Waals surface area contributed by atoms with Crippen molar-refractivity contribution in [2.75, 3.05) is 7.05 Å². The molecule has 7 nitrogen and oxygen atoms in total. The molecule has 0 radical (unpaired) electrons. The first-order chi connectivity index (χ1) is 12.8. The number of nitro groups is 1. The summed E-state index contributed by atoms with van der Waals surface area (Å²) in [6, 6.07) is 6.03. The Hall–Kier alpha value is -2.71. The van der Waals surface area contributed by atoms with Crippen LogP contribution in [-0.4, -0.2) is 32.3 Å². The average Bonchev–Trinajstić information content (AvgIpc) is 3.23. The first kappa shape index (κ1) is 19.1. The molecule has 1 amide bonds. The largest absolute Gasteiger partial charge is 0.337 e. The maximum atomic E-state index is 13.0. The lowest BCUT2D eigenvalue weighted by atomic mass is 10.1. The lowest BCUT2D eigenvalue weighted by Crippen LogP contribution is -2.26. The quantitative estimate of drug-likeness (QED) is 0.466. The highest BCUT2D eigenvalue weighted by Gasteiger charge is 2.22. The highest BCUT2D eigenvalue weighted by atomic mass is 35.5. The summed E-state index contributed by atoms with van der Waals surface area (Å²) in [5.74, 6) is -0.187. The minimum absolute atomic E-state index is 0.0582. The molecule has 0 unspecified atom stereocenters. The van der Waals surface area contributed by atoms with Gasteiger partial charge in [-0.3, -0.25) is 19.5 Å². The number of amides is 1. The number of benzene rings is 1. The van der Waals surface area contributed by atoms with Gasteiger partial charge in [0.2, 0.25) is 0 Å². The molecule has 0 N–H and O–H groups in total. The van der Waals surface area contributed by atoms with Crippen molar-refractivity contribution in [3.63, 3.8) is 0 Å². The molecule has 0 atom stereocenters. The minimum atomic E-state index is -0.483. The summed E-state index contributed by atoms with van der Waals surface area (Å²) in [4.78, 5) is 29.3. The summed E-state index contributed by atoms with van der Waals surface area (Å²) in [6.45, 7) is 3.96. The maximum absolute atomic E-state index is 13.0. The van der Waals surface area contributed by atoms with Gasteiger partial charge in [-0.2, -0.15) is 0 Å². The van der Waals surface area contributed by atoms with E-state index in [2.05, 4.69) is 4.98 Å². The van der Waals surface area contributed by atoms with Gasteiger partial charge in [-0.1, -0.05) is 11.6 Å². The monoisotopic (exact) mass is 404 g/mol. The van der Waals surface area contributed by atoms with Gasteiger partial charge < -0.3 is 4.90 Å². The molecule has 9 heteroatoms. The number of hydrogen-bond donors (Lipinski definition) is 0. The highest BCUT2D eigenvalue weighted by Crippen LogP contribution is 2.26. The SMILES string of the molecule is Cc1cc(C(=O)N(C)Cc2cc([N+](=O)[O-])ccc2Cl)c(C)n1-c1nccs1. The number of aromatic nitrogens is 2. The van der Waals surface area contributed by atoms with Crippen molar-refractivity contribution in [3.05, 3.63) is 73.5 Å². The van der Waals surface area contributed by atoms with Gasteiger partial charge >= 0.3 is 0 Å². The van der Waals surface area contributed by atoms with E-state index in [0.29, 0.717) is 16.1 Å². The number of hydrogen-bond acceptors (Lipinski definition) is 5. The summed E-state index contributed by atoms with van der Waals surface area (Å²) in [6.07, 6.45) is 1.72. The van der Waals surface area contributed by atoms with Crippen molar-refractivity contribution in [1.29, 1.82) is 0 Å². The Kier molecular flexibility index (Phi) is 5.29. The summed E-state index contributed by atoms with van der Waals surface area (Å²) in [5, 5.41) is 14.0. The Morgan fingerprint density at radius 2 is 2.11 bits per heavy atom. The molecule has 0 fully saturated rings. The zero-order chi connectivity index (χ0) is 19.7. The van der Waals surface area contributed by atoms with Crippen molar-refractivity contribution >= 4 is 34.5 Å². The smallest absolute Gasteiger partial charge is 0.269 e. The molecule has 27 heavy (non-hydrogen) atoms. The molecule has 140 valence electrons. The van der Waals surface area contributed by atoms with Gasteiger partial charge in [-0.15, -0.1) is 11.3 Å². The van der Waals surface area contributed by atoms with Crippen LogP contribution in [0.1, 0.15) is 27.3 Å². The third kappa shape index (κ3) is 3.72. The van der Waals surface area contributed by atoms with Crippen LogP contribution in [0.3, 0.4) is 0 Å². The van der Waals surface area contributed by atoms with E-state index in [4.69, 9.17) is 11.6 Å². The molecule has 3 aromatic rings. The lowest BCUT2D eigenvalue weighted by molar-refractivity contribution is -0.384. The second-order valence-corrected chi connectivity index (χ2v) is 7.41. The van der Waals surface area contributed by atoms with E-state index in [1.54, 1.807) is 13.2 Å². The Balaban J connectivity index is 1.88. The van der Waals surface area contributed by atoms with Crippen LogP contribution in [0.5, 0.6) is 0 Å². The molecule has 0 spiro atoms. The highest BCUT2D eigenvalue weighted by molar-refractivity contribution is 7.12. The molecule has 0 aliphatic heterocycles. The minimum Gasteiger partial charge on any atom is -0.337 e. The van der Waals surface area contributed by atoms with Gasteiger partial charge in [0.15, 0.2) is 5.13 Å². The molecule has 1 aromatic carbocycles. The third-order valence-corrected chi connectivity index (χ3v) is 5.39. The molecule has 0 aliphatic rings. The number of nitro benzene ring substituents is 1. The Morgan fingerprint density at radius 1 is 1.37 bits per heavy atom. The summed E-state index contributed by atoms with van der Waals surface area (Å²) in [7, 11) is 1.65. The van der Waals surface area contributed by atoms with Gasteiger partial charge in [0.05, 0.1) is 10.5 Å². The predicted octanol–water partition coefficient (Wildman–Crippen LogP) is 4.38. The normalized spacial score (nSPS) is 10.8. The average molecular weight is 405 g/mol. The van der Waals surface area contributed by atoms with E-state index < -0.39 is 4.92 Å². The summed E-state index contributed by atoms with van der Waals surface area (Å²) >= 11 is 7.64. The van der Waals surface area contributed by atoms with Crippen molar-refractivity contribution < 1.29 is 9.72 Å². The fourth-order valence-electron chi connectivity index (χ4n) is 2.93. The maximum Gasteiger partial charge on any atom is 0.269 e. The second-order valence-electron chi connectivity index (χ2n) is 6.13. The van der Waals surface area contributed by atoms with E-state index in [0.717, 1.165) is 16.5 Å². The van der Waals surface area contributed by atoms with Gasteiger partial charge in [0.25, 0.3) is 11.6 Å². The zero-order valence-corrected chi connectivity index (χ0v) is 16.5. The van der Waals surface area contributed by atoms with Gasteiger partial charge in [0, 0.05) is 53.7 Å². The number of rotatable bonds is 5. The van der Waals surface area contributed by atoms with E-state index in [9.17, 15) is 14.9 Å². The Labute approximate surface area is 165 Å². The standard InChI is InChI=1S/C18H17ClN4O3S/c1-11-8-15(12(2)22(11)18-20-6-7-27-18)17(24)21(3)10-13-9-14(23(25)26)4-5-16(13)19/h4-9H,10H2,1-3H3. The number of nitrogens with zero attached hydrogens (tertiary/aromatic N) is 4. The van der Waals surface area contributed by atoms with Crippen LogP contribution >= 0.6 is 22.9 Å². The topological polar surface area (TPSA) is 81.3 Å². The number of halogens is 1. The molecule has 2 aromatic heterocycles. The number of aryl methyl sites for hydroxylation is 1. The molecule has 3 rings (SSSR count). The van der Waals surface area contributed by atoms with Crippen molar-refractivity contribution in [1.82, 2.24) is 14.5 Å². The number of carbonyl (C=O) groups excluding carboxylic acids is 1. The van der Waals surface area contributed by atoms with Gasteiger partial charge in [-0.05, 0) is 31.5 Å².